The van der Waals surface area contributed by atoms with Crippen LogP contribution in [0.4, 0.5) is 0 Å². The van der Waals surface area contributed by atoms with Gasteiger partial charge in [-0.1, -0.05) is 0 Å². The zero-order chi connectivity index (χ0) is 11.6. The van der Waals surface area contributed by atoms with E-state index < -0.39 is 12.7 Å². The fourth-order valence-electron chi connectivity index (χ4n) is 1.44. The second kappa shape index (κ2) is 4.30. The summed E-state index contributed by atoms with van der Waals surface area (Å²) in [7, 11) is -1.49. The molecule has 3 N–H and O–H groups in total. The van der Waals surface area contributed by atoms with E-state index in [1.807, 2.05) is 0 Å². The molecular formula is C10H16BNO3. The summed E-state index contributed by atoms with van der Waals surface area (Å²) in [4.78, 5) is 4.07. The van der Waals surface area contributed by atoms with Crippen molar-refractivity contribution < 1.29 is 15.2 Å². The van der Waals surface area contributed by atoms with Crippen LogP contribution in [0.25, 0.3) is 0 Å². The largest absolute Gasteiger partial charge is 0.490 e. The molecule has 1 aromatic heterocycles. The molecule has 0 saturated heterocycles. The van der Waals surface area contributed by atoms with E-state index in [-0.39, 0.29) is 0 Å². The quantitative estimate of drug-likeness (QED) is 0.580. The van der Waals surface area contributed by atoms with Crippen LogP contribution in [0, 0.1) is 6.92 Å². The van der Waals surface area contributed by atoms with Crippen molar-refractivity contribution in [3.63, 3.8) is 0 Å². The van der Waals surface area contributed by atoms with Gasteiger partial charge in [0.1, 0.15) is 0 Å². The van der Waals surface area contributed by atoms with Gasteiger partial charge in [0.25, 0.3) is 0 Å². The highest BCUT2D eigenvalue weighted by Gasteiger charge is 2.18. The van der Waals surface area contributed by atoms with Crippen LogP contribution in [0.15, 0.2) is 12.3 Å². The average molecular weight is 209 g/mol. The van der Waals surface area contributed by atoms with Crippen molar-refractivity contribution in [3.05, 3.63) is 23.5 Å². The summed E-state index contributed by atoms with van der Waals surface area (Å²) in [6.07, 6.45) is 1.87. The van der Waals surface area contributed by atoms with Crippen molar-refractivity contribution in [3.8, 4) is 0 Å². The lowest BCUT2D eigenvalue weighted by atomic mass is 9.78. The van der Waals surface area contributed by atoms with Gasteiger partial charge in [-0.15, -0.1) is 0 Å². The maximum absolute atomic E-state index is 9.60. The van der Waals surface area contributed by atoms with Crippen LogP contribution in [0.1, 0.15) is 25.1 Å². The molecule has 0 saturated carbocycles. The molecule has 5 heteroatoms. The highest BCUT2D eigenvalue weighted by molar-refractivity contribution is 6.59. The predicted molar refractivity (Wildman–Crippen MR) is 58.8 cm³/mol. The Bertz CT molecular complexity index is 347. The summed E-state index contributed by atoms with van der Waals surface area (Å²) in [5, 5.41) is 27.6. The highest BCUT2D eigenvalue weighted by Crippen LogP contribution is 2.10. The van der Waals surface area contributed by atoms with E-state index >= 15 is 0 Å². The second-order valence-corrected chi connectivity index (χ2v) is 4.40. The fourth-order valence-corrected chi connectivity index (χ4v) is 1.44. The molecule has 0 radical (unpaired) electrons. The maximum Gasteiger partial charge on any atom is 0.490 e. The monoisotopic (exact) mass is 209 g/mol. The van der Waals surface area contributed by atoms with Crippen LogP contribution in [0.3, 0.4) is 0 Å². The van der Waals surface area contributed by atoms with Crippen molar-refractivity contribution in [1.82, 2.24) is 4.98 Å². The summed E-state index contributed by atoms with van der Waals surface area (Å²) in [5.74, 6) is 0. The van der Waals surface area contributed by atoms with Crippen LogP contribution in [0.2, 0.25) is 0 Å². The molecule has 15 heavy (non-hydrogen) atoms. The Morgan fingerprint density at radius 1 is 1.40 bits per heavy atom. The molecule has 1 heterocycles. The molecule has 4 nitrogen and oxygen atoms in total. The average Bonchev–Trinajstić information content (AvgIpc) is 1.99. The van der Waals surface area contributed by atoms with Gasteiger partial charge >= 0.3 is 7.12 Å². The van der Waals surface area contributed by atoms with Gasteiger partial charge in [-0.2, -0.15) is 0 Å². The molecule has 0 aliphatic heterocycles. The van der Waals surface area contributed by atoms with E-state index in [0.29, 0.717) is 11.9 Å². The zero-order valence-electron chi connectivity index (χ0n) is 9.23. The molecule has 0 aliphatic carbocycles. The number of hydrogen-bond donors (Lipinski definition) is 3. The Morgan fingerprint density at radius 3 is 2.40 bits per heavy atom. The number of hydrogen-bond acceptors (Lipinski definition) is 4. The Hall–Kier alpha value is -0.905. The van der Waals surface area contributed by atoms with Gasteiger partial charge in [-0.3, -0.25) is 4.98 Å². The van der Waals surface area contributed by atoms with E-state index in [1.54, 1.807) is 26.8 Å². The molecule has 0 aliphatic rings. The first-order valence-electron chi connectivity index (χ1n) is 4.83. The molecule has 0 amide bonds. The van der Waals surface area contributed by atoms with Gasteiger partial charge in [0.15, 0.2) is 0 Å². The summed E-state index contributed by atoms with van der Waals surface area (Å²) < 4.78 is 0. The van der Waals surface area contributed by atoms with E-state index in [1.165, 1.54) is 6.20 Å². The molecule has 0 atom stereocenters. The van der Waals surface area contributed by atoms with Crippen LogP contribution in [-0.2, 0) is 6.42 Å². The van der Waals surface area contributed by atoms with Crippen LogP contribution >= 0.6 is 0 Å². The molecule has 1 aromatic rings. The minimum atomic E-state index is -1.49. The number of aryl methyl sites for hydroxylation is 1. The molecule has 0 unspecified atom stereocenters. The highest BCUT2D eigenvalue weighted by atomic mass is 16.4. The van der Waals surface area contributed by atoms with Gasteiger partial charge in [-0.05, 0) is 32.4 Å². The minimum Gasteiger partial charge on any atom is -0.423 e. The SMILES string of the molecule is Cc1cc(CC(C)(C)O)ncc1B(O)O. The Morgan fingerprint density at radius 2 is 2.00 bits per heavy atom. The second-order valence-electron chi connectivity index (χ2n) is 4.40. The summed E-state index contributed by atoms with van der Waals surface area (Å²) in [6.45, 7) is 5.20. The van der Waals surface area contributed by atoms with E-state index in [4.69, 9.17) is 10.0 Å². The maximum atomic E-state index is 9.60. The molecule has 0 fully saturated rings. The summed E-state index contributed by atoms with van der Waals surface area (Å²) in [6, 6.07) is 1.76. The Kier molecular flexibility index (Phi) is 3.49. The molecule has 82 valence electrons. The zero-order valence-corrected chi connectivity index (χ0v) is 9.23. The number of rotatable bonds is 3. The van der Waals surface area contributed by atoms with Crippen molar-refractivity contribution >= 4 is 12.6 Å². The normalized spacial score (nSPS) is 11.6. The smallest absolute Gasteiger partial charge is 0.423 e. The summed E-state index contributed by atoms with van der Waals surface area (Å²) in [5.41, 5.74) is 1.09. The lowest BCUT2D eigenvalue weighted by Crippen LogP contribution is -2.33. The van der Waals surface area contributed by atoms with Crippen LogP contribution in [-0.4, -0.2) is 32.9 Å². The summed E-state index contributed by atoms with van der Waals surface area (Å²) >= 11 is 0. The topological polar surface area (TPSA) is 73.6 Å². The third-order valence-corrected chi connectivity index (χ3v) is 2.10. The van der Waals surface area contributed by atoms with Gasteiger partial charge in [0.05, 0.1) is 5.60 Å². The third-order valence-electron chi connectivity index (χ3n) is 2.10. The minimum absolute atomic E-state index is 0.398. The predicted octanol–water partition coefficient (Wildman–Crippen LogP) is -0.617. The van der Waals surface area contributed by atoms with Gasteiger partial charge in [0.2, 0.25) is 0 Å². The molecule has 1 rings (SSSR count). The lowest BCUT2D eigenvalue weighted by Gasteiger charge is -2.17. The van der Waals surface area contributed by atoms with E-state index in [0.717, 1.165) is 11.3 Å². The van der Waals surface area contributed by atoms with Crippen molar-refractivity contribution in [2.45, 2.75) is 32.8 Å². The van der Waals surface area contributed by atoms with Gasteiger partial charge in [-0.25, -0.2) is 0 Å². The molecule has 0 spiro atoms. The van der Waals surface area contributed by atoms with Gasteiger partial charge in [0, 0.05) is 23.8 Å². The number of aromatic nitrogens is 1. The molecule has 0 aromatic carbocycles. The van der Waals surface area contributed by atoms with Crippen molar-refractivity contribution in [2.24, 2.45) is 0 Å². The third kappa shape index (κ3) is 3.62. The van der Waals surface area contributed by atoms with Gasteiger partial charge < -0.3 is 15.2 Å². The first-order valence-corrected chi connectivity index (χ1v) is 4.83. The Labute approximate surface area is 89.8 Å². The Balaban J connectivity index is 2.92. The fraction of sp³-hybridized carbons (Fsp3) is 0.500. The van der Waals surface area contributed by atoms with Crippen LogP contribution < -0.4 is 5.46 Å². The van der Waals surface area contributed by atoms with E-state index in [2.05, 4.69) is 4.98 Å². The van der Waals surface area contributed by atoms with Crippen LogP contribution in [0.5, 0.6) is 0 Å². The van der Waals surface area contributed by atoms with Crippen molar-refractivity contribution in [2.75, 3.05) is 0 Å². The van der Waals surface area contributed by atoms with Crippen molar-refractivity contribution in [1.29, 1.82) is 0 Å². The molecule has 0 bridgehead atoms. The lowest BCUT2D eigenvalue weighted by molar-refractivity contribution is 0.0799. The first kappa shape index (κ1) is 12.2. The standard InChI is InChI=1S/C10H16BNO3/c1-7-4-8(5-10(2,3)13)12-6-9(7)11(14)15/h4,6,13-15H,5H2,1-3H3. The number of nitrogens with zero attached hydrogens (tertiary/aromatic N) is 1. The molecular weight excluding hydrogens is 193 g/mol. The van der Waals surface area contributed by atoms with E-state index in [9.17, 15) is 5.11 Å². The first-order chi connectivity index (χ1) is 6.79. The number of aliphatic hydroxyl groups is 1. The number of pyridine rings is 1.